The van der Waals surface area contributed by atoms with Gasteiger partial charge >= 0.3 is 0 Å². The average molecular weight is 130 g/mol. The molecule has 9 heavy (non-hydrogen) atoms. The summed E-state index contributed by atoms with van der Waals surface area (Å²) in [6, 6.07) is 0. The first-order valence-electron chi connectivity index (χ1n) is 2.96. The Balaban J connectivity index is 3.58. The van der Waals surface area contributed by atoms with E-state index in [9.17, 15) is 0 Å². The van der Waals surface area contributed by atoms with Crippen LogP contribution in [-0.2, 0) is 9.47 Å². The standard InChI is InChI=1S/C7H14O2/c1-5-6-9-7(2,3)8-4/h5-6H,1-4H3/b6-5-. The van der Waals surface area contributed by atoms with Crippen molar-refractivity contribution in [3.8, 4) is 0 Å². The molecule has 0 aliphatic rings. The minimum atomic E-state index is -0.494. The highest BCUT2D eigenvalue weighted by atomic mass is 16.7. The van der Waals surface area contributed by atoms with E-state index in [0.29, 0.717) is 0 Å². The Morgan fingerprint density at radius 3 is 2.22 bits per heavy atom. The van der Waals surface area contributed by atoms with Crippen molar-refractivity contribution in [2.45, 2.75) is 26.6 Å². The molecule has 0 saturated carbocycles. The number of allylic oxidation sites excluding steroid dienone is 1. The number of ether oxygens (including phenoxy) is 2. The third kappa shape index (κ3) is 4.03. The van der Waals surface area contributed by atoms with Crippen molar-refractivity contribution in [2.24, 2.45) is 0 Å². The SMILES string of the molecule is C/C=C\OC(C)(C)OC. The quantitative estimate of drug-likeness (QED) is 0.429. The summed E-state index contributed by atoms with van der Waals surface area (Å²) in [7, 11) is 1.61. The third-order valence-electron chi connectivity index (χ3n) is 0.980. The number of rotatable bonds is 3. The van der Waals surface area contributed by atoms with Gasteiger partial charge in [-0.05, 0) is 6.92 Å². The molecule has 0 saturated heterocycles. The molecule has 2 nitrogen and oxygen atoms in total. The summed E-state index contributed by atoms with van der Waals surface area (Å²) in [4.78, 5) is 0. The van der Waals surface area contributed by atoms with Gasteiger partial charge in [-0.1, -0.05) is 6.08 Å². The fraction of sp³-hybridized carbons (Fsp3) is 0.714. The van der Waals surface area contributed by atoms with Crippen LogP contribution < -0.4 is 0 Å². The number of methoxy groups -OCH3 is 1. The van der Waals surface area contributed by atoms with E-state index in [1.807, 2.05) is 26.8 Å². The Morgan fingerprint density at radius 2 is 1.89 bits per heavy atom. The van der Waals surface area contributed by atoms with E-state index in [0.717, 1.165) is 0 Å². The van der Waals surface area contributed by atoms with Gasteiger partial charge in [-0.15, -0.1) is 0 Å². The Morgan fingerprint density at radius 1 is 1.33 bits per heavy atom. The van der Waals surface area contributed by atoms with Gasteiger partial charge in [0.25, 0.3) is 0 Å². The largest absolute Gasteiger partial charge is 0.471 e. The topological polar surface area (TPSA) is 18.5 Å². The minimum absolute atomic E-state index is 0.494. The smallest absolute Gasteiger partial charge is 0.203 e. The molecule has 0 aromatic heterocycles. The fourth-order valence-corrected chi connectivity index (χ4v) is 0.280. The lowest BCUT2D eigenvalue weighted by Gasteiger charge is -2.21. The second-order valence-electron chi connectivity index (χ2n) is 2.19. The van der Waals surface area contributed by atoms with Crippen LogP contribution in [0.15, 0.2) is 12.3 Å². The summed E-state index contributed by atoms with van der Waals surface area (Å²) in [5.41, 5.74) is 0. The Hall–Kier alpha value is -0.500. The van der Waals surface area contributed by atoms with Gasteiger partial charge in [-0.2, -0.15) is 0 Å². The molecule has 0 aromatic carbocycles. The first-order valence-corrected chi connectivity index (χ1v) is 2.96. The molecular weight excluding hydrogens is 116 g/mol. The molecule has 0 atom stereocenters. The molecule has 0 fully saturated rings. The predicted molar refractivity (Wildman–Crippen MR) is 37.0 cm³/mol. The van der Waals surface area contributed by atoms with E-state index >= 15 is 0 Å². The summed E-state index contributed by atoms with van der Waals surface area (Å²) in [6.07, 6.45) is 3.43. The maximum Gasteiger partial charge on any atom is 0.203 e. The van der Waals surface area contributed by atoms with Crippen LogP contribution in [0.4, 0.5) is 0 Å². The summed E-state index contributed by atoms with van der Waals surface area (Å²) >= 11 is 0. The van der Waals surface area contributed by atoms with E-state index < -0.39 is 5.79 Å². The molecule has 0 spiro atoms. The van der Waals surface area contributed by atoms with E-state index in [2.05, 4.69) is 0 Å². The molecule has 0 aliphatic heterocycles. The highest BCUT2D eigenvalue weighted by Gasteiger charge is 2.14. The Bertz CT molecular complexity index is 95.1. The van der Waals surface area contributed by atoms with Gasteiger partial charge in [0.15, 0.2) is 0 Å². The van der Waals surface area contributed by atoms with E-state index in [1.165, 1.54) is 0 Å². The summed E-state index contributed by atoms with van der Waals surface area (Å²) < 4.78 is 10.1. The first kappa shape index (κ1) is 8.50. The van der Waals surface area contributed by atoms with Crippen LogP contribution in [0.25, 0.3) is 0 Å². The summed E-state index contributed by atoms with van der Waals surface area (Å²) in [5.74, 6) is -0.494. The zero-order valence-electron chi connectivity index (χ0n) is 6.47. The van der Waals surface area contributed by atoms with E-state index in [4.69, 9.17) is 9.47 Å². The molecule has 0 N–H and O–H groups in total. The Kier molecular flexibility index (Phi) is 3.32. The van der Waals surface area contributed by atoms with E-state index in [1.54, 1.807) is 13.4 Å². The van der Waals surface area contributed by atoms with Crippen molar-refractivity contribution in [1.29, 1.82) is 0 Å². The lowest BCUT2D eigenvalue weighted by molar-refractivity contribution is -0.161. The second kappa shape index (κ2) is 3.51. The van der Waals surface area contributed by atoms with Crippen LogP contribution in [0.3, 0.4) is 0 Å². The monoisotopic (exact) mass is 130 g/mol. The van der Waals surface area contributed by atoms with Gasteiger partial charge in [0.1, 0.15) is 0 Å². The van der Waals surface area contributed by atoms with Crippen molar-refractivity contribution in [3.63, 3.8) is 0 Å². The number of hydrogen-bond donors (Lipinski definition) is 0. The van der Waals surface area contributed by atoms with Crippen LogP contribution >= 0.6 is 0 Å². The maximum atomic E-state index is 5.12. The molecule has 0 aliphatic carbocycles. The fourth-order valence-electron chi connectivity index (χ4n) is 0.280. The van der Waals surface area contributed by atoms with Crippen LogP contribution in [0.5, 0.6) is 0 Å². The maximum absolute atomic E-state index is 5.12. The molecule has 0 rings (SSSR count). The van der Waals surface area contributed by atoms with Crippen molar-refractivity contribution in [2.75, 3.05) is 7.11 Å². The summed E-state index contributed by atoms with van der Waals surface area (Å²) in [5, 5.41) is 0. The molecular formula is C7H14O2. The molecule has 0 amide bonds. The Labute approximate surface area is 56.5 Å². The normalized spacial score (nSPS) is 12.4. The minimum Gasteiger partial charge on any atom is -0.471 e. The highest BCUT2D eigenvalue weighted by Crippen LogP contribution is 2.08. The van der Waals surface area contributed by atoms with Crippen molar-refractivity contribution < 1.29 is 9.47 Å². The van der Waals surface area contributed by atoms with Crippen molar-refractivity contribution in [1.82, 2.24) is 0 Å². The van der Waals surface area contributed by atoms with Crippen LogP contribution in [0.2, 0.25) is 0 Å². The van der Waals surface area contributed by atoms with Gasteiger partial charge in [0.05, 0.1) is 6.26 Å². The van der Waals surface area contributed by atoms with Crippen LogP contribution in [0.1, 0.15) is 20.8 Å². The highest BCUT2D eigenvalue weighted by molar-refractivity contribution is 4.68. The lowest BCUT2D eigenvalue weighted by atomic mass is 10.4. The molecule has 2 heteroatoms. The molecule has 0 aromatic rings. The molecule has 0 unspecified atom stereocenters. The van der Waals surface area contributed by atoms with Crippen LogP contribution in [-0.4, -0.2) is 12.9 Å². The van der Waals surface area contributed by atoms with E-state index in [-0.39, 0.29) is 0 Å². The predicted octanol–water partition coefficient (Wildman–Crippen LogP) is 1.92. The van der Waals surface area contributed by atoms with Gasteiger partial charge < -0.3 is 9.47 Å². The zero-order valence-corrected chi connectivity index (χ0v) is 6.47. The molecule has 0 heterocycles. The van der Waals surface area contributed by atoms with Crippen LogP contribution in [0, 0.1) is 0 Å². The third-order valence-corrected chi connectivity index (χ3v) is 0.980. The first-order chi connectivity index (χ1) is 4.12. The average Bonchev–Trinajstić information content (AvgIpc) is 1.84. The van der Waals surface area contributed by atoms with Crippen molar-refractivity contribution >= 4 is 0 Å². The number of hydrogen-bond acceptors (Lipinski definition) is 2. The van der Waals surface area contributed by atoms with Crippen molar-refractivity contribution in [3.05, 3.63) is 12.3 Å². The molecule has 0 bridgehead atoms. The zero-order chi connectivity index (χ0) is 7.33. The molecule has 0 radical (unpaired) electrons. The van der Waals surface area contributed by atoms with Gasteiger partial charge in [-0.25, -0.2) is 0 Å². The van der Waals surface area contributed by atoms with Gasteiger partial charge in [0, 0.05) is 21.0 Å². The van der Waals surface area contributed by atoms with Gasteiger partial charge in [0.2, 0.25) is 5.79 Å². The van der Waals surface area contributed by atoms with Gasteiger partial charge in [-0.3, -0.25) is 0 Å². The lowest BCUT2D eigenvalue weighted by Crippen LogP contribution is -2.23. The summed E-state index contributed by atoms with van der Waals surface area (Å²) in [6.45, 7) is 5.60. The second-order valence-corrected chi connectivity index (χ2v) is 2.19. The molecule has 54 valence electrons.